The standard InChI is InChI=1S/C21H17F2N3O2/c1-11(2)20-25-21(28)14-5-3-4-6-16(14)26(20)10-12-9-17(27)24-19-13(12)7-8-15(22)18(19)23/h3-9,11H,10H2,1-2H3,(H,24,27). The van der Waals surface area contributed by atoms with Gasteiger partial charge >= 0.3 is 0 Å². The van der Waals surface area contributed by atoms with E-state index in [1.54, 1.807) is 18.2 Å². The first-order valence-corrected chi connectivity index (χ1v) is 8.86. The Kier molecular flexibility index (Phi) is 4.30. The monoisotopic (exact) mass is 381 g/mol. The molecule has 0 aliphatic carbocycles. The number of rotatable bonds is 3. The molecule has 7 heteroatoms. The smallest absolute Gasteiger partial charge is 0.280 e. The van der Waals surface area contributed by atoms with Crippen LogP contribution in [0.3, 0.4) is 0 Å². The van der Waals surface area contributed by atoms with Gasteiger partial charge in [-0.25, -0.2) is 8.78 Å². The minimum atomic E-state index is -1.09. The molecule has 4 rings (SSSR count). The number of para-hydroxylation sites is 1. The van der Waals surface area contributed by atoms with Gasteiger partial charge in [-0.15, -0.1) is 0 Å². The molecule has 0 saturated carbocycles. The minimum absolute atomic E-state index is 0.0558. The number of H-pyrrole nitrogens is 1. The maximum absolute atomic E-state index is 14.2. The Morgan fingerprint density at radius 1 is 1.07 bits per heavy atom. The van der Waals surface area contributed by atoms with Crippen LogP contribution in [-0.2, 0) is 6.54 Å². The SMILES string of the molecule is CC(C)c1nc(=O)c2ccccc2n1Cc1cc(=O)[nH]c2c(F)c(F)ccc12. The first-order valence-electron chi connectivity index (χ1n) is 8.86. The molecule has 2 aromatic heterocycles. The third-order valence-corrected chi connectivity index (χ3v) is 4.76. The second-order valence-electron chi connectivity index (χ2n) is 6.98. The van der Waals surface area contributed by atoms with Crippen LogP contribution in [-0.4, -0.2) is 14.5 Å². The fraction of sp³-hybridized carbons (Fsp3) is 0.190. The van der Waals surface area contributed by atoms with Gasteiger partial charge in [0, 0.05) is 17.4 Å². The van der Waals surface area contributed by atoms with Crippen molar-refractivity contribution < 1.29 is 8.78 Å². The highest BCUT2D eigenvalue weighted by Crippen LogP contribution is 2.24. The number of fused-ring (bicyclic) bond motifs is 2. The Labute approximate surface area is 158 Å². The molecule has 5 nitrogen and oxygen atoms in total. The molecule has 4 aromatic rings. The Morgan fingerprint density at radius 3 is 2.57 bits per heavy atom. The summed E-state index contributed by atoms with van der Waals surface area (Å²) in [4.78, 5) is 31.0. The zero-order valence-electron chi connectivity index (χ0n) is 15.3. The number of aromatic amines is 1. The lowest BCUT2D eigenvalue weighted by atomic mass is 10.1. The molecule has 2 aromatic carbocycles. The van der Waals surface area contributed by atoms with Gasteiger partial charge in [-0.1, -0.05) is 26.0 Å². The van der Waals surface area contributed by atoms with E-state index >= 15 is 0 Å². The first kappa shape index (κ1) is 18.0. The van der Waals surface area contributed by atoms with E-state index in [0.29, 0.717) is 27.7 Å². The van der Waals surface area contributed by atoms with E-state index < -0.39 is 17.2 Å². The number of aromatic nitrogens is 3. The topological polar surface area (TPSA) is 67.8 Å². The summed E-state index contributed by atoms with van der Waals surface area (Å²) in [6.07, 6.45) is 0. The second-order valence-corrected chi connectivity index (χ2v) is 6.98. The molecule has 142 valence electrons. The van der Waals surface area contributed by atoms with Crippen LogP contribution in [0.2, 0.25) is 0 Å². The second kappa shape index (κ2) is 6.67. The summed E-state index contributed by atoms with van der Waals surface area (Å²) in [6, 6.07) is 10.9. The third-order valence-electron chi connectivity index (χ3n) is 4.76. The summed E-state index contributed by atoms with van der Waals surface area (Å²) < 4.78 is 29.7. The fourth-order valence-corrected chi connectivity index (χ4v) is 3.48. The molecule has 0 bridgehead atoms. The summed E-state index contributed by atoms with van der Waals surface area (Å²) in [7, 11) is 0. The molecule has 0 spiro atoms. The van der Waals surface area contributed by atoms with Gasteiger partial charge in [0.15, 0.2) is 11.6 Å². The van der Waals surface area contributed by atoms with Gasteiger partial charge in [0.25, 0.3) is 5.56 Å². The Morgan fingerprint density at radius 2 is 1.82 bits per heavy atom. The molecule has 0 radical (unpaired) electrons. The molecule has 0 fully saturated rings. The molecular weight excluding hydrogens is 364 g/mol. The minimum Gasteiger partial charge on any atom is -0.324 e. The van der Waals surface area contributed by atoms with Crippen LogP contribution in [0.15, 0.2) is 52.1 Å². The number of halogens is 2. The molecule has 1 N–H and O–H groups in total. The predicted octanol–water partition coefficient (Wildman–Crippen LogP) is 3.69. The predicted molar refractivity (Wildman–Crippen MR) is 104 cm³/mol. The highest BCUT2D eigenvalue weighted by molar-refractivity contribution is 5.83. The molecule has 0 atom stereocenters. The van der Waals surface area contributed by atoms with Crippen molar-refractivity contribution in [2.24, 2.45) is 0 Å². The van der Waals surface area contributed by atoms with E-state index in [2.05, 4.69) is 9.97 Å². The summed E-state index contributed by atoms with van der Waals surface area (Å²) in [5, 5.41) is 0.856. The van der Waals surface area contributed by atoms with Crippen LogP contribution >= 0.6 is 0 Å². The first-order chi connectivity index (χ1) is 13.4. The van der Waals surface area contributed by atoms with Crippen LogP contribution in [0.5, 0.6) is 0 Å². The van der Waals surface area contributed by atoms with Gasteiger partial charge in [-0.05, 0) is 29.8 Å². The molecule has 0 saturated heterocycles. The summed E-state index contributed by atoms with van der Waals surface area (Å²) in [5.41, 5.74) is 0.153. The molecular formula is C21H17F2N3O2. The van der Waals surface area contributed by atoms with Crippen molar-refractivity contribution in [2.75, 3.05) is 0 Å². The van der Waals surface area contributed by atoms with E-state index in [0.717, 1.165) is 6.07 Å². The summed E-state index contributed by atoms with van der Waals surface area (Å²) >= 11 is 0. The maximum Gasteiger partial charge on any atom is 0.280 e. The molecule has 0 aliphatic heterocycles. The number of nitrogens with one attached hydrogen (secondary N) is 1. The zero-order chi connectivity index (χ0) is 20.0. The zero-order valence-corrected chi connectivity index (χ0v) is 15.3. The van der Waals surface area contributed by atoms with Crippen LogP contribution in [0.4, 0.5) is 8.78 Å². The van der Waals surface area contributed by atoms with E-state index in [9.17, 15) is 18.4 Å². The van der Waals surface area contributed by atoms with Gasteiger partial charge in [0.05, 0.1) is 23.0 Å². The van der Waals surface area contributed by atoms with Gasteiger partial charge in [-0.3, -0.25) is 9.59 Å². The van der Waals surface area contributed by atoms with Crippen LogP contribution in [0, 0.1) is 11.6 Å². The average Bonchev–Trinajstić information content (AvgIpc) is 2.67. The molecule has 0 unspecified atom stereocenters. The van der Waals surface area contributed by atoms with Crippen molar-refractivity contribution in [1.82, 2.24) is 14.5 Å². The van der Waals surface area contributed by atoms with Crippen LogP contribution < -0.4 is 11.1 Å². The Hall–Kier alpha value is -3.35. The van der Waals surface area contributed by atoms with Gasteiger partial charge in [-0.2, -0.15) is 4.98 Å². The highest BCUT2D eigenvalue weighted by atomic mass is 19.2. The van der Waals surface area contributed by atoms with Crippen molar-refractivity contribution in [3.63, 3.8) is 0 Å². The molecule has 0 aliphatic rings. The lowest BCUT2D eigenvalue weighted by molar-refractivity contribution is 0.515. The molecule has 0 amide bonds. The molecule has 2 heterocycles. The number of hydrogen-bond donors (Lipinski definition) is 1. The van der Waals surface area contributed by atoms with Gasteiger partial charge in [0.1, 0.15) is 5.82 Å². The Bertz CT molecular complexity index is 1340. The van der Waals surface area contributed by atoms with Crippen molar-refractivity contribution >= 4 is 21.8 Å². The lowest BCUT2D eigenvalue weighted by Crippen LogP contribution is -2.21. The van der Waals surface area contributed by atoms with E-state index in [-0.39, 0.29) is 23.5 Å². The average molecular weight is 381 g/mol. The third kappa shape index (κ3) is 2.89. The van der Waals surface area contributed by atoms with Crippen molar-refractivity contribution in [2.45, 2.75) is 26.3 Å². The van der Waals surface area contributed by atoms with Gasteiger partial charge < -0.3 is 9.55 Å². The summed E-state index contributed by atoms with van der Waals surface area (Å²) in [6.45, 7) is 4.02. The number of nitrogens with zero attached hydrogens (tertiary/aromatic N) is 2. The van der Waals surface area contributed by atoms with Gasteiger partial charge in [0.2, 0.25) is 5.56 Å². The fourth-order valence-electron chi connectivity index (χ4n) is 3.48. The highest BCUT2D eigenvalue weighted by Gasteiger charge is 2.17. The van der Waals surface area contributed by atoms with Crippen LogP contribution in [0.25, 0.3) is 21.8 Å². The quantitative estimate of drug-likeness (QED) is 0.589. The maximum atomic E-state index is 14.2. The van der Waals surface area contributed by atoms with Crippen LogP contribution in [0.1, 0.15) is 31.2 Å². The van der Waals surface area contributed by atoms with E-state index in [1.165, 1.54) is 12.1 Å². The number of hydrogen-bond acceptors (Lipinski definition) is 3. The van der Waals surface area contributed by atoms with Crippen molar-refractivity contribution in [3.8, 4) is 0 Å². The van der Waals surface area contributed by atoms with Crippen molar-refractivity contribution in [1.29, 1.82) is 0 Å². The molecule has 28 heavy (non-hydrogen) atoms. The normalized spacial score (nSPS) is 11.6. The summed E-state index contributed by atoms with van der Waals surface area (Å²) in [5.74, 6) is -1.62. The largest absolute Gasteiger partial charge is 0.324 e. The van der Waals surface area contributed by atoms with E-state index in [4.69, 9.17) is 0 Å². The Balaban J connectivity index is 2.03. The van der Waals surface area contributed by atoms with Crippen molar-refractivity contribution in [3.05, 3.63) is 86.2 Å². The number of benzene rings is 2. The van der Waals surface area contributed by atoms with E-state index in [1.807, 2.05) is 24.5 Å². The number of pyridine rings is 1. The lowest BCUT2D eigenvalue weighted by Gasteiger charge is -2.19.